The van der Waals surface area contributed by atoms with Crippen LogP contribution in [0.1, 0.15) is 60.4 Å². The molecule has 0 amide bonds. The summed E-state index contributed by atoms with van der Waals surface area (Å²) < 4.78 is 32.3. The van der Waals surface area contributed by atoms with Gasteiger partial charge < -0.3 is 9.67 Å². The van der Waals surface area contributed by atoms with E-state index in [2.05, 4.69) is 13.2 Å². The lowest BCUT2D eigenvalue weighted by Crippen LogP contribution is -2.40. The van der Waals surface area contributed by atoms with Gasteiger partial charge in [0.05, 0.1) is 6.54 Å². The number of aromatic nitrogens is 1. The Hall–Kier alpha value is -4.65. The fraction of sp³-hybridized carbons (Fsp3) is 0.206. The lowest BCUT2D eigenvalue weighted by molar-refractivity contribution is -0.113. The Balaban J connectivity index is 2.50. The molecule has 7 heteroatoms. The van der Waals surface area contributed by atoms with Gasteiger partial charge in [-0.1, -0.05) is 67.3 Å². The number of carbonyl (C=O) groups is 3. The van der Waals surface area contributed by atoms with Gasteiger partial charge in [0.2, 0.25) is 0 Å². The molecule has 2 aromatic rings. The second kappa shape index (κ2) is 13.1. The number of rotatable bonds is 11. The fourth-order valence-corrected chi connectivity index (χ4v) is 5.06. The number of Topliss-reactive ketones (excluding diaryl/α,β-unsaturated/α-hetero) is 1. The van der Waals surface area contributed by atoms with Crippen molar-refractivity contribution in [3.05, 3.63) is 112 Å². The number of fused-ring (bicyclic) bond motifs is 1. The molecule has 0 radical (unpaired) electrons. The van der Waals surface area contributed by atoms with Crippen molar-refractivity contribution in [1.29, 1.82) is 0 Å². The topological polar surface area (TPSA) is 76.4 Å². The molecule has 1 heterocycles. The van der Waals surface area contributed by atoms with Gasteiger partial charge >= 0.3 is 5.97 Å². The third-order valence-electron chi connectivity index (χ3n) is 6.92. The summed E-state index contributed by atoms with van der Waals surface area (Å²) in [5.41, 5.74) is 1.62. The molecule has 1 aliphatic rings. The van der Waals surface area contributed by atoms with Crippen molar-refractivity contribution in [1.82, 2.24) is 4.57 Å². The average Bonchev–Trinajstić information content (AvgIpc) is 3.22. The number of carboxylic acids is 1. The summed E-state index contributed by atoms with van der Waals surface area (Å²) in [6.45, 7) is 13.2. The summed E-state index contributed by atoms with van der Waals surface area (Å²) in [5.74, 6) is -3.25. The van der Waals surface area contributed by atoms with Crippen LogP contribution in [-0.2, 0) is 16.1 Å². The van der Waals surface area contributed by atoms with Crippen molar-refractivity contribution >= 4 is 46.9 Å². The Morgan fingerprint density at radius 3 is 2.39 bits per heavy atom. The highest BCUT2D eigenvalue weighted by atomic mass is 19.1. The number of benzene rings is 1. The van der Waals surface area contributed by atoms with Gasteiger partial charge in [-0.3, -0.25) is 9.59 Å². The van der Waals surface area contributed by atoms with E-state index in [0.29, 0.717) is 21.9 Å². The first-order valence-electron chi connectivity index (χ1n) is 13.1. The molecule has 0 aliphatic heterocycles. The van der Waals surface area contributed by atoms with E-state index in [9.17, 15) is 19.5 Å². The summed E-state index contributed by atoms with van der Waals surface area (Å²) in [5, 5.41) is 11.1. The van der Waals surface area contributed by atoms with Crippen LogP contribution < -0.4 is 10.6 Å². The molecule has 212 valence electrons. The standard InChI is InChI=1S/C34H33F2NO4/c1-7-10-11-13-27(22(6)39)32-31-21(5)26(12-8-2)29(36)18-30(31)37(33(32)34(40)41)19-25-16-24(15-14-20(4)38)23(9-3)17-28(25)35/h7-18,26,29H,1,3,19H2,2,4-6H3,(H,40,41)/b11-10-,12-8-,15-14-,27-13+. The number of nitrogens with zero attached hydrogens (tertiary/aromatic N) is 1. The van der Waals surface area contributed by atoms with Crippen LogP contribution in [0.4, 0.5) is 8.78 Å². The average molecular weight is 558 g/mol. The third kappa shape index (κ3) is 6.40. The van der Waals surface area contributed by atoms with Crippen molar-refractivity contribution in [2.45, 2.75) is 40.4 Å². The molecular weight excluding hydrogens is 524 g/mol. The third-order valence-corrected chi connectivity index (χ3v) is 6.92. The first kappa shape index (κ1) is 30.9. The van der Waals surface area contributed by atoms with Crippen LogP contribution in [0, 0.1) is 11.7 Å². The van der Waals surface area contributed by atoms with E-state index >= 15 is 8.78 Å². The molecule has 0 fully saturated rings. The molecule has 0 bridgehead atoms. The number of alkyl halides is 1. The van der Waals surface area contributed by atoms with E-state index in [1.807, 2.05) is 0 Å². The molecule has 3 rings (SSSR count). The molecule has 41 heavy (non-hydrogen) atoms. The number of hydrogen-bond acceptors (Lipinski definition) is 3. The van der Waals surface area contributed by atoms with Gasteiger partial charge in [0, 0.05) is 33.2 Å². The predicted molar refractivity (Wildman–Crippen MR) is 161 cm³/mol. The smallest absolute Gasteiger partial charge is 0.353 e. The van der Waals surface area contributed by atoms with E-state index < -0.39 is 29.7 Å². The van der Waals surface area contributed by atoms with Gasteiger partial charge in [-0.15, -0.1) is 0 Å². The van der Waals surface area contributed by atoms with Crippen LogP contribution in [0.25, 0.3) is 29.4 Å². The minimum Gasteiger partial charge on any atom is -0.477 e. The largest absolute Gasteiger partial charge is 0.477 e. The maximum Gasteiger partial charge on any atom is 0.353 e. The van der Waals surface area contributed by atoms with E-state index in [0.717, 1.165) is 0 Å². The zero-order valence-electron chi connectivity index (χ0n) is 23.6. The number of allylic oxidation sites excluding steroid dienone is 8. The normalized spacial score (nSPS) is 17.2. The summed E-state index contributed by atoms with van der Waals surface area (Å²) >= 11 is 0. The molecule has 1 aromatic carbocycles. The number of aromatic carboxylic acids is 1. The quantitative estimate of drug-likeness (QED) is 0.214. The Morgan fingerprint density at radius 1 is 1.12 bits per heavy atom. The number of halogens is 2. The van der Waals surface area contributed by atoms with E-state index in [4.69, 9.17) is 0 Å². The molecule has 0 saturated heterocycles. The van der Waals surface area contributed by atoms with Crippen molar-refractivity contribution in [3.63, 3.8) is 0 Å². The molecule has 1 aromatic heterocycles. The van der Waals surface area contributed by atoms with Crippen molar-refractivity contribution in [3.8, 4) is 0 Å². The van der Waals surface area contributed by atoms with Gasteiger partial charge in [-0.25, -0.2) is 13.6 Å². The molecule has 0 saturated carbocycles. The number of carboxylic acid groups (broad SMARTS) is 1. The van der Waals surface area contributed by atoms with Gasteiger partial charge in [-0.05, 0) is 63.1 Å². The lowest BCUT2D eigenvalue weighted by Gasteiger charge is -2.20. The zero-order valence-corrected chi connectivity index (χ0v) is 23.6. The van der Waals surface area contributed by atoms with Gasteiger partial charge in [0.1, 0.15) is 17.7 Å². The first-order valence-corrected chi connectivity index (χ1v) is 13.1. The van der Waals surface area contributed by atoms with E-state index in [1.54, 1.807) is 38.2 Å². The monoisotopic (exact) mass is 557 g/mol. The molecule has 1 aliphatic carbocycles. The van der Waals surface area contributed by atoms with Crippen LogP contribution >= 0.6 is 0 Å². The lowest BCUT2D eigenvalue weighted by atomic mass is 9.87. The maximum absolute atomic E-state index is 15.5. The SMILES string of the molecule is C=C/C=C\C=C(/C(C)=O)c1c(C(=O)O)n(Cc2cc(/C=C\C(C)=O)c(C=C)cc2F)c2c1=C(C)C(/C=C\C)C(F)C=2. The zero-order chi connectivity index (χ0) is 30.4. The fourth-order valence-electron chi connectivity index (χ4n) is 5.06. The second-order valence-electron chi connectivity index (χ2n) is 9.70. The van der Waals surface area contributed by atoms with Gasteiger partial charge in [-0.2, -0.15) is 0 Å². The van der Waals surface area contributed by atoms with E-state index in [-0.39, 0.29) is 40.1 Å². The predicted octanol–water partition coefficient (Wildman–Crippen LogP) is 5.83. The van der Waals surface area contributed by atoms with Crippen LogP contribution in [0.2, 0.25) is 0 Å². The molecule has 1 N–H and O–H groups in total. The first-order chi connectivity index (χ1) is 19.5. The van der Waals surface area contributed by atoms with Crippen LogP contribution in [0.15, 0.2) is 67.8 Å². The second-order valence-corrected chi connectivity index (χ2v) is 9.70. The molecule has 0 spiro atoms. The van der Waals surface area contributed by atoms with Crippen LogP contribution in [-0.4, -0.2) is 33.4 Å². The minimum absolute atomic E-state index is 0.114. The van der Waals surface area contributed by atoms with Crippen LogP contribution in [0.3, 0.4) is 0 Å². The Labute approximate surface area is 238 Å². The molecule has 5 nitrogen and oxygen atoms in total. The van der Waals surface area contributed by atoms with Crippen molar-refractivity contribution in [2.75, 3.05) is 0 Å². The summed E-state index contributed by atoms with van der Waals surface area (Å²) in [7, 11) is 0. The highest BCUT2D eigenvalue weighted by molar-refractivity contribution is 6.22. The Bertz CT molecular complexity index is 1680. The highest BCUT2D eigenvalue weighted by Gasteiger charge is 2.32. The number of ketones is 2. The summed E-state index contributed by atoms with van der Waals surface area (Å²) in [6, 6.07) is 2.76. The Kier molecular flexibility index (Phi) is 9.90. The van der Waals surface area contributed by atoms with Crippen molar-refractivity contribution < 1.29 is 28.3 Å². The summed E-state index contributed by atoms with van der Waals surface area (Å²) in [6.07, 6.45) is 13.8. The van der Waals surface area contributed by atoms with Crippen LogP contribution in [0.5, 0.6) is 0 Å². The van der Waals surface area contributed by atoms with E-state index in [1.165, 1.54) is 67.0 Å². The molecular formula is C34H33F2NO4. The maximum atomic E-state index is 15.5. The number of carbonyl (C=O) groups excluding carboxylic acids is 2. The number of hydrogen-bond donors (Lipinski definition) is 1. The highest BCUT2D eigenvalue weighted by Crippen LogP contribution is 2.28. The molecule has 2 atom stereocenters. The van der Waals surface area contributed by atoms with Crippen molar-refractivity contribution in [2.24, 2.45) is 5.92 Å². The van der Waals surface area contributed by atoms with Gasteiger partial charge in [0.25, 0.3) is 0 Å². The summed E-state index contributed by atoms with van der Waals surface area (Å²) in [4.78, 5) is 37.3. The minimum atomic E-state index is -1.48. The molecule has 2 unspecified atom stereocenters. The van der Waals surface area contributed by atoms with Gasteiger partial charge in [0.15, 0.2) is 11.6 Å². The Morgan fingerprint density at radius 2 is 1.83 bits per heavy atom.